The quantitative estimate of drug-likeness (QED) is 0.884. The minimum atomic E-state index is -1.02. The Bertz CT molecular complexity index is 605. The first-order valence-electron chi connectivity index (χ1n) is 5.81. The Morgan fingerprint density at radius 3 is 2.68 bits per heavy atom. The summed E-state index contributed by atoms with van der Waals surface area (Å²) in [5, 5.41) is 18.5. The van der Waals surface area contributed by atoms with Gasteiger partial charge in [-0.05, 0) is 36.8 Å². The molecular weight excluding hydrogens is 244 g/mol. The van der Waals surface area contributed by atoms with Crippen molar-refractivity contribution in [3.05, 3.63) is 59.2 Å². The van der Waals surface area contributed by atoms with E-state index in [9.17, 15) is 9.90 Å². The molecule has 0 fully saturated rings. The number of carbonyl (C=O) groups is 1. The number of benzene rings is 2. The smallest absolute Gasteiger partial charge is 0.339 e. The largest absolute Gasteiger partial charge is 0.508 e. The molecule has 0 aliphatic heterocycles. The second-order valence-corrected chi connectivity index (χ2v) is 4.26. The number of aryl methyl sites for hydroxylation is 1. The molecule has 0 aromatic heterocycles. The average Bonchev–Trinajstić information content (AvgIpc) is 2.37. The van der Waals surface area contributed by atoms with Crippen LogP contribution in [0.25, 0.3) is 0 Å². The fraction of sp³-hybridized carbons (Fsp3) is 0.133. The molecule has 0 unspecified atom stereocenters. The molecule has 2 N–H and O–H groups in total. The van der Waals surface area contributed by atoms with Crippen molar-refractivity contribution in [2.24, 2.45) is 0 Å². The predicted octanol–water partition coefficient (Wildman–Crippen LogP) is 2.98. The van der Waals surface area contributed by atoms with Crippen LogP contribution < -0.4 is 4.74 Å². The van der Waals surface area contributed by atoms with E-state index in [4.69, 9.17) is 9.84 Å². The van der Waals surface area contributed by atoms with E-state index in [1.54, 1.807) is 42.5 Å². The molecule has 0 aliphatic rings. The molecule has 0 saturated heterocycles. The van der Waals surface area contributed by atoms with Crippen LogP contribution in [0, 0.1) is 6.92 Å². The molecule has 0 amide bonds. The highest BCUT2D eigenvalue weighted by molar-refractivity contribution is 5.91. The van der Waals surface area contributed by atoms with Crippen molar-refractivity contribution < 1.29 is 19.7 Å². The molecule has 2 aromatic carbocycles. The minimum Gasteiger partial charge on any atom is -0.508 e. The first-order valence-corrected chi connectivity index (χ1v) is 5.81. The third-order valence-corrected chi connectivity index (χ3v) is 2.67. The molecule has 2 rings (SSSR count). The number of carboxylic acid groups (broad SMARTS) is 1. The standard InChI is InChI=1S/C15H14O4/c1-10-5-6-14(13(7-10)15(17)18)19-9-11-3-2-4-12(16)8-11/h2-8,16H,9H2,1H3,(H,17,18). The van der Waals surface area contributed by atoms with Gasteiger partial charge >= 0.3 is 5.97 Å². The Hall–Kier alpha value is -2.49. The number of carboxylic acids is 1. The van der Waals surface area contributed by atoms with Gasteiger partial charge in [0.1, 0.15) is 23.7 Å². The monoisotopic (exact) mass is 258 g/mol. The van der Waals surface area contributed by atoms with Crippen LogP contribution in [-0.4, -0.2) is 16.2 Å². The molecule has 0 radical (unpaired) electrons. The van der Waals surface area contributed by atoms with E-state index in [1.807, 2.05) is 6.92 Å². The minimum absolute atomic E-state index is 0.139. The molecule has 4 heteroatoms. The first-order chi connectivity index (χ1) is 9.06. The third kappa shape index (κ3) is 3.25. The molecule has 0 heterocycles. The van der Waals surface area contributed by atoms with E-state index in [-0.39, 0.29) is 17.9 Å². The molecule has 4 nitrogen and oxygen atoms in total. The number of hydrogen-bond acceptors (Lipinski definition) is 3. The topological polar surface area (TPSA) is 66.8 Å². The Labute approximate surface area is 110 Å². The predicted molar refractivity (Wildman–Crippen MR) is 70.6 cm³/mol. The summed E-state index contributed by atoms with van der Waals surface area (Å²) in [6.07, 6.45) is 0. The summed E-state index contributed by atoms with van der Waals surface area (Å²) in [6.45, 7) is 2.03. The van der Waals surface area contributed by atoms with Gasteiger partial charge in [-0.3, -0.25) is 0 Å². The van der Waals surface area contributed by atoms with Crippen LogP contribution in [0.3, 0.4) is 0 Å². The lowest BCUT2D eigenvalue weighted by molar-refractivity contribution is 0.0691. The summed E-state index contributed by atoms with van der Waals surface area (Å²) < 4.78 is 5.50. The lowest BCUT2D eigenvalue weighted by atomic mass is 10.1. The van der Waals surface area contributed by atoms with Gasteiger partial charge < -0.3 is 14.9 Å². The summed E-state index contributed by atoms with van der Waals surface area (Å²) >= 11 is 0. The second kappa shape index (κ2) is 5.44. The summed E-state index contributed by atoms with van der Waals surface area (Å²) in [5.41, 5.74) is 1.78. The van der Waals surface area contributed by atoms with Crippen LogP contribution in [0.15, 0.2) is 42.5 Å². The summed E-state index contributed by atoms with van der Waals surface area (Å²) in [6, 6.07) is 11.7. The van der Waals surface area contributed by atoms with Crippen molar-refractivity contribution in [1.82, 2.24) is 0 Å². The number of ether oxygens (including phenoxy) is 1. The van der Waals surface area contributed by atoms with Crippen molar-refractivity contribution in [2.75, 3.05) is 0 Å². The van der Waals surface area contributed by atoms with Gasteiger partial charge in [0.2, 0.25) is 0 Å². The second-order valence-electron chi connectivity index (χ2n) is 4.26. The highest BCUT2D eigenvalue weighted by Crippen LogP contribution is 2.22. The van der Waals surface area contributed by atoms with Crippen molar-refractivity contribution in [1.29, 1.82) is 0 Å². The SMILES string of the molecule is Cc1ccc(OCc2cccc(O)c2)c(C(=O)O)c1. The summed E-state index contributed by atoms with van der Waals surface area (Å²) in [4.78, 5) is 11.1. The first kappa shape index (κ1) is 13.0. The molecule has 0 aliphatic carbocycles. The van der Waals surface area contributed by atoms with Crippen LogP contribution in [-0.2, 0) is 6.61 Å². The van der Waals surface area contributed by atoms with E-state index in [0.29, 0.717) is 5.75 Å². The van der Waals surface area contributed by atoms with Crippen molar-refractivity contribution in [2.45, 2.75) is 13.5 Å². The molecule has 2 aromatic rings. The van der Waals surface area contributed by atoms with Gasteiger partial charge in [-0.1, -0.05) is 23.8 Å². The summed E-state index contributed by atoms with van der Waals surface area (Å²) in [7, 11) is 0. The van der Waals surface area contributed by atoms with Crippen LogP contribution in [0.1, 0.15) is 21.5 Å². The number of rotatable bonds is 4. The van der Waals surface area contributed by atoms with Crippen molar-refractivity contribution in [3.8, 4) is 11.5 Å². The van der Waals surface area contributed by atoms with Gasteiger partial charge in [0, 0.05) is 0 Å². The Kier molecular flexibility index (Phi) is 3.71. The van der Waals surface area contributed by atoms with Gasteiger partial charge in [-0.25, -0.2) is 4.79 Å². The lowest BCUT2D eigenvalue weighted by Gasteiger charge is -2.10. The molecule has 98 valence electrons. The van der Waals surface area contributed by atoms with Crippen LogP contribution in [0.4, 0.5) is 0 Å². The van der Waals surface area contributed by atoms with Gasteiger partial charge in [0.25, 0.3) is 0 Å². The highest BCUT2D eigenvalue weighted by Gasteiger charge is 2.11. The van der Waals surface area contributed by atoms with Gasteiger partial charge in [0.15, 0.2) is 0 Å². The summed E-state index contributed by atoms with van der Waals surface area (Å²) in [5.74, 6) is -0.542. The number of phenolic OH excluding ortho intramolecular Hbond substituents is 1. The zero-order chi connectivity index (χ0) is 13.8. The van der Waals surface area contributed by atoms with Crippen molar-refractivity contribution >= 4 is 5.97 Å². The van der Waals surface area contributed by atoms with Gasteiger partial charge in [0.05, 0.1) is 0 Å². The Morgan fingerprint density at radius 1 is 1.21 bits per heavy atom. The zero-order valence-electron chi connectivity index (χ0n) is 10.5. The molecule has 0 bridgehead atoms. The van der Waals surface area contributed by atoms with E-state index in [0.717, 1.165) is 11.1 Å². The van der Waals surface area contributed by atoms with Gasteiger partial charge in [-0.2, -0.15) is 0 Å². The molecule has 0 spiro atoms. The van der Waals surface area contributed by atoms with Crippen LogP contribution >= 0.6 is 0 Å². The fourth-order valence-corrected chi connectivity index (χ4v) is 1.74. The molecule has 19 heavy (non-hydrogen) atoms. The molecular formula is C15H14O4. The Balaban J connectivity index is 2.17. The number of aromatic hydroxyl groups is 1. The number of hydrogen-bond donors (Lipinski definition) is 2. The normalized spacial score (nSPS) is 10.2. The highest BCUT2D eigenvalue weighted by atomic mass is 16.5. The number of aromatic carboxylic acids is 1. The van der Waals surface area contributed by atoms with E-state index >= 15 is 0 Å². The molecule has 0 atom stereocenters. The maximum Gasteiger partial charge on any atom is 0.339 e. The van der Waals surface area contributed by atoms with Gasteiger partial charge in [-0.15, -0.1) is 0 Å². The van der Waals surface area contributed by atoms with Crippen LogP contribution in [0.2, 0.25) is 0 Å². The van der Waals surface area contributed by atoms with Crippen LogP contribution in [0.5, 0.6) is 11.5 Å². The van der Waals surface area contributed by atoms with E-state index in [2.05, 4.69) is 0 Å². The fourth-order valence-electron chi connectivity index (χ4n) is 1.74. The maximum absolute atomic E-state index is 11.1. The van der Waals surface area contributed by atoms with E-state index in [1.165, 1.54) is 0 Å². The third-order valence-electron chi connectivity index (χ3n) is 2.67. The number of phenols is 1. The molecule has 0 saturated carbocycles. The maximum atomic E-state index is 11.1. The lowest BCUT2D eigenvalue weighted by Crippen LogP contribution is -2.03. The average molecular weight is 258 g/mol. The zero-order valence-corrected chi connectivity index (χ0v) is 10.5. The van der Waals surface area contributed by atoms with E-state index < -0.39 is 5.97 Å². The van der Waals surface area contributed by atoms with Crippen molar-refractivity contribution in [3.63, 3.8) is 0 Å². The Morgan fingerprint density at radius 2 is 2.00 bits per heavy atom.